The van der Waals surface area contributed by atoms with Gasteiger partial charge >= 0.3 is 0 Å². The van der Waals surface area contributed by atoms with Crippen LogP contribution in [0.3, 0.4) is 0 Å². The minimum Gasteiger partial charge on any atom is -0.381 e. The second-order valence-electron chi connectivity index (χ2n) is 6.99. The number of hydrogen-bond donors (Lipinski definition) is 1. The van der Waals surface area contributed by atoms with Crippen molar-refractivity contribution in [3.63, 3.8) is 0 Å². The van der Waals surface area contributed by atoms with Gasteiger partial charge in [-0.3, -0.25) is 14.5 Å². The summed E-state index contributed by atoms with van der Waals surface area (Å²) in [6.07, 6.45) is -0.646. The first-order valence-corrected chi connectivity index (χ1v) is 9.43. The molecule has 1 aliphatic heterocycles. The number of nitrogens with zero attached hydrogens (tertiary/aromatic N) is 2. The maximum absolute atomic E-state index is 12.9. The van der Waals surface area contributed by atoms with E-state index >= 15 is 0 Å². The smallest absolute Gasteiger partial charge is 0.272 e. The normalized spacial score (nSPS) is 16.3. The second kappa shape index (κ2) is 7.75. The topological polar surface area (TPSA) is 71.0 Å². The van der Waals surface area contributed by atoms with Gasteiger partial charge in [-0.25, -0.2) is 0 Å². The van der Waals surface area contributed by atoms with Crippen molar-refractivity contribution in [3.8, 4) is 0 Å². The molecule has 3 aromatic carbocycles. The van der Waals surface area contributed by atoms with Crippen molar-refractivity contribution in [1.82, 2.24) is 4.90 Å². The maximum Gasteiger partial charge on any atom is 0.272 e. The van der Waals surface area contributed by atoms with E-state index < -0.39 is 6.10 Å². The van der Waals surface area contributed by atoms with Crippen LogP contribution in [0, 0.1) is 0 Å². The molecule has 0 spiro atoms. The summed E-state index contributed by atoms with van der Waals surface area (Å²) in [6, 6.07) is 21.3. The molecule has 2 amide bonds. The third kappa shape index (κ3) is 3.82. The van der Waals surface area contributed by atoms with E-state index in [-0.39, 0.29) is 11.8 Å². The third-order valence-electron chi connectivity index (χ3n) is 4.81. The third-order valence-corrected chi connectivity index (χ3v) is 4.81. The molecule has 0 aromatic heterocycles. The summed E-state index contributed by atoms with van der Waals surface area (Å²) >= 11 is 0. The van der Waals surface area contributed by atoms with E-state index in [4.69, 9.17) is 4.84 Å². The Bertz CT molecular complexity index is 1100. The van der Waals surface area contributed by atoms with Crippen molar-refractivity contribution in [1.29, 1.82) is 0 Å². The number of oxime groups is 1. The molecular weight excluding hydrogens is 366 g/mol. The highest BCUT2D eigenvalue weighted by Crippen LogP contribution is 2.25. The molecule has 0 radical (unpaired) electrons. The molecule has 1 N–H and O–H groups in total. The van der Waals surface area contributed by atoms with E-state index in [1.165, 1.54) is 6.92 Å². The fourth-order valence-corrected chi connectivity index (χ4v) is 3.39. The predicted octanol–water partition coefficient (Wildman–Crippen LogP) is 3.91. The van der Waals surface area contributed by atoms with Gasteiger partial charge in [-0.15, -0.1) is 0 Å². The quantitative estimate of drug-likeness (QED) is 0.738. The number of benzene rings is 3. The molecule has 0 aliphatic carbocycles. The molecule has 6 nitrogen and oxygen atoms in total. The van der Waals surface area contributed by atoms with Crippen LogP contribution in [-0.2, 0) is 21.0 Å². The van der Waals surface area contributed by atoms with Gasteiger partial charge in [-0.2, -0.15) is 0 Å². The molecule has 0 bridgehead atoms. The Kier molecular flexibility index (Phi) is 4.99. The van der Waals surface area contributed by atoms with E-state index in [1.54, 1.807) is 11.8 Å². The fourth-order valence-electron chi connectivity index (χ4n) is 3.39. The lowest BCUT2D eigenvalue weighted by Crippen LogP contribution is -2.46. The summed E-state index contributed by atoms with van der Waals surface area (Å²) in [6.45, 7) is 3.52. The zero-order valence-corrected chi connectivity index (χ0v) is 16.3. The molecular formula is C23H21N3O3. The van der Waals surface area contributed by atoms with Gasteiger partial charge in [0.05, 0.1) is 6.54 Å². The first-order chi connectivity index (χ1) is 14.0. The number of fused-ring (bicyclic) bond motifs is 1. The Hall–Kier alpha value is -3.67. The van der Waals surface area contributed by atoms with Crippen molar-refractivity contribution in [2.75, 3.05) is 5.32 Å². The van der Waals surface area contributed by atoms with Crippen molar-refractivity contribution in [2.24, 2.45) is 5.16 Å². The number of nitrogens with one attached hydrogen (secondary N) is 1. The fraction of sp³-hybridized carbons (Fsp3) is 0.174. The van der Waals surface area contributed by atoms with Gasteiger partial charge in [0.25, 0.3) is 5.91 Å². The van der Waals surface area contributed by atoms with E-state index in [2.05, 4.69) is 10.5 Å². The van der Waals surface area contributed by atoms with Crippen molar-refractivity contribution >= 4 is 34.1 Å². The number of amides is 2. The Balaban J connectivity index is 1.69. The van der Waals surface area contributed by atoms with Gasteiger partial charge in [0.2, 0.25) is 12.0 Å². The van der Waals surface area contributed by atoms with Crippen LogP contribution in [0.15, 0.2) is 71.9 Å². The monoisotopic (exact) mass is 387 g/mol. The average molecular weight is 387 g/mol. The molecule has 29 heavy (non-hydrogen) atoms. The molecule has 1 atom stereocenters. The number of anilines is 1. The Labute approximate surface area is 168 Å². The summed E-state index contributed by atoms with van der Waals surface area (Å²) in [7, 11) is 0. The Morgan fingerprint density at radius 2 is 1.79 bits per heavy atom. The van der Waals surface area contributed by atoms with Crippen LogP contribution >= 0.6 is 0 Å². The highest BCUT2D eigenvalue weighted by Gasteiger charge is 2.32. The van der Waals surface area contributed by atoms with Gasteiger partial charge in [-0.05, 0) is 35.4 Å². The highest BCUT2D eigenvalue weighted by molar-refractivity contribution is 6.15. The number of rotatable bonds is 4. The van der Waals surface area contributed by atoms with Gasteiger partial charge in [0.1, 0.15) is 0 Å². The van der Waals surface area contributed by atoms with Crippen molar-refractivity contribution in [3.05, 3.63) is 77.9 Å². The van der Waals surface area contributed by atoms with Gasteiger partial charge in [0, 0.05) is 18.2 Å². The SMILES string of the molecule is CC(=O)Nc1ccc(CN2C(=O)C(C)ON=C2c2cccc3ccccc23)cc1. The lowest BCUT2D eigenvalue weighted by atomic mass is 10.0. The van der Waals surface area contributed by atoms with Crippen LogP contribution in [-0.4, -0.2) is 28.7 Å². The summed E-state index contributed by atoms with van der Waals surface area (Å²) in [5, 5.41) is 9.10. The largest absolute Gasteiger partial charge is 0.381 e. The van der Waals surface area contributed by atoms with E-state index in [1.807, 2.05) is 66.7 Å². The first kappa shape index (κ1) is 18.7. The molecule has 6 heteroatoms. The molecule has 0 saturated carbocycles. The average Bonchev–Trinajstić information content (AvgIpc) is 2.72. The summed E-state index contributed by atoms with van der Waals surface area (Å²) in [5.74, 6) is 0.227. The summed E-state index contributed by atoms with van der Waals surface area (Å²) in [5.41, 5.74) is 2.48. The Morgan fingerprint density at radius 1 is 1.07 bits per heavy atom. The van der Waals surface area contributed by atoms with Crippen molar-refractivity contribution < 1.29 is 14.4 Å². The van der Waals surface area contributed by atoms with E-state index in [9.17, 15) is 9.59 Å². The first-order valence-electron chi connectivity index (χ1n) is 9.43. The Morgan fingerprint density at radius 3 is 2.55 bits per heavy atom. The molecule has 0 fully saturated rings. The molecule has 3 aromatic rings. The van der Waals surface area contributed by atoms with E-state index in [0.717, 1.165) is 21.9 Å². The zero-order valence-electron chi connectivity index (χ0n) is 16.3. The maximum atomic E-state index is 12.9. The molecule has 146 valence electrons. The molecule has 1 unspecified atom stereocenters. The lowest BCUT2D eigenvalue weighted by Gasteiger charge is -2.30. The number of amidine groups is 1. The van der Waals surface area contributed by atoms with E-state index in [0.29, 0.717) is 18.1 Å². The van der Waals surface area contributed by atoms with Crippen LogP contribution in [0.4, 0.5) is 5.69 Å². The van der Waals surface area contributed by atoms with Crippen LogP contribution < -0.4 is 5.32 Å². The number of carbonyl (C=O) groups excluding carboxylic acids is 2. The van der Waals surface area contributed by atoms with Gasteiger partial charge < -0.3 is 10.2 Å². The van der Waals surface area contributed by atoms with Gasteiger partial charge in [-0.1, -0.05) is 59.8 Å². The zero-order chi connectivity index (χ0) is 20.4. The van der Waals surface area contributed by atoms with Gasteiger partial charge in [0.15, 0.2) is 5.84 Å². The van der Waals surface area contributed by atoms with Crippen LogP contribution in [0.2, 0.25) is 0 Å². The highest BCUT2D eigenvalue weighted by atomic mass is 16.6. The molecule has 1 heterocycles. The minimum atomic E-state index is -0.646. The minimum absolute atomic E-state index is 0.125. The summed E-state index contributed by atoms with van der Waals surface area (Å²) < 4.78 is 0. The number of carbonyl (C=O) groups is 2. The molecule has 0 saturated heterocycles. The predicted molar refractivity (Wildman–Crippen MR) is 112 cm³/mol. The van der Waals surface area contributed by atoms with Crippen molar-refractivity contribution in [2.45, 2.75) is 26.5 Å². The van der Waals surface area contributed by atoms with Crippen LogP contribution in [0.25, 0.3) is 10.8 Å². The molecule has 1 aliphatic rings. The second-order valence-corrected chi connectivity index (χ2v) is 6.99. The summed E-state index contributed by atoms with van der Waals surface area (Å²) in [4.78, 5) is 31.2. The number of hydrogen-bond acceptors (Lipinski definition) is 4. The van der Waals surface area contributed by atoms with Crippen LogP contribution in [0.5, 0.6) is 0 Å². The lowest BCUT2D eigenvalue weighted by molar-refractivity contribution is -0.142. The molecule has 4 rings (SSSR count). The van der Waals surface area contributed by atoms with Crippen LogP contribution in [0.1, 0.15) is 25.0 Å². The standard InChI is InChI=1S/C23H21N3O3/c1-15-23(28)26(14-17-10-12-19(13-11-17)24-16(2)27)22(25-29-15)21-9-5-7-18-6-3-4-8-20(18)21/h3-13,15H,14H2,1-2H3,(H,24,27).